The Bertz CT molecular complexity index is 1290. The van der Waals surface area contributed by atoms with Gasteiger partial charge in [0.05, 0.1) is 5.51 Å². The lowest BCUT2D eigenvalue weighted by Crippen LogP contribution is -2.37. The fraction of sp³-hybridized carbons (Fsp3) is 0.250. The van der Waals surface area contributed by atoms with E-state index in [9.17, 15) is 9.59 Å². The molecule has 1 aliphatic heterocycles. The number of nitrogens with zero attached hydrogens (tertiary/aromatic N) is 4. The first-order chi connectivity index (χ1) is 16.1. The molecule has 1 aliphatic rings. The van der Waals surface area contributed by atoms with E-state index in [1.54, 1.807) is 11.7 Å². The lowest BCUT2D eigenvalue weighted by molar-refractivity contribution is 0.0717. The van der Waals surface area contributed by atoms with Crippen LogP contribution in [0.2, 0.25) is 5.15 Å². The zero-order chi connectivity index (χ0) is 22.8. The van der Waals surface area contributed by atoms with Crippen molar-refractivity contribution in [3.05, 3.63) is 87.2 Å². The summed E-state index contributed by atoms with van der Waals surface area (Å²) < 4.78 is 1.93. The molecule has 168 valence electrons. The highest BCUT2D eigenvalue weighted by molar-refractivity contribution is 7.12. The molecule has 1 N–H and O–H groups in total. The number of benzene rings is 1. The highest BCUT2D eigenvalue weighted by atomic mass is 35.5. The van der Waals surface area contributed by atoms with Crippen LogP contribution in [0.1, 0.15) is 49.9 Å². The number of aromatic nitrogens is 3. The number of hydrogen-bond donors (Lipinski definition) is 1. The molecule has 0 aliphatic carbocycles. The Labute approximate surface area is 200 Å². The van der Waals surface area contributed by atoms with Gasteiger partial charge in [-0.05, 0) is 54.2 Å². The number of amides is 2. The lowest BCUT2D eigenvalue weighted by Gasteiger charge is -2.32. The zero-order valence-corrected chi connectivity index (χ0v) is 19.4. The van der Waals surface area contributed by atoms with Crippen LogP contribution in [0.15, 0.2) is 60.5 Å². The molecule has 2 amide bonds. The minimum absolute atomic E-state index is 0.0418. The third kappa shape index (κ3) is 4.62. The molecule has 0 radical (unpaired) electrons. The predicted molar refractivity (Wildman–Crippen MR) is 128 cm³/mol. The van der Waals surface area contributed by atoms with Gasteiger partial charge in [0.15, 0.2) is 5.15 Å². The monoisotopic (exact) mass is 479 g/mol. The normalized spacial score (nSPS) is 14.5. The summed E-state index contributed by atoms with van der Waals surface area (Å²) in [5, 5.41) is 3.25. The third-order valence-corrected chi connectivity index (χ3v) is 7.27. The molecule has 7 nitrogen and oxygen atoms in total. The summed E-state index contributed by atoms with van der Waals surface area (Å²) in [7, 11) is 0. The third-order valence-electron chi connectivity index (χ3n) is 6.06. The molecule has 4 heterocycles. The van der Waals surface area contributed by atoms with Crippen LogP contribution >= 0.6 is 22.9 Å². The molecule has 0 spiro atoms. The van der Waals surface area contributed by atoms with Crippen LogP contribution in [0.25, 0.3) is 5.65 Å². The summed E-state index contributed by atoms with van der Waals surface area (Å²) in [6, 6.07) is 11.7. The first kappa shape index (κ1) is 21.6. The Morgan fingerprint density at radius 3 is 2.61 bits per heavy atom. The van der Waals surface area contributed by atoms with Crippen molar-refractivity contribution in [1.82, 2.24) is 24.6 Å². The highest BCUT2D eigenvalue weighted by Crippen LogP contribution is 2.30. The van der Waals surface area contributed by atoms with E-state index in [0.717, 1.165) is 24.1 Å². The molecule has 4 aromatic rings. The van der Waals surface area contributed by atoms with Crippen molar-refractivity contribution in [3.8, 4) is 0 Å². The predicted octanol–water partition coefficient (Wildman–Crippen LogP) is 4.39. The van der Waals surface area contributed by atoms with Crippen LogP contribution in [0.3, 0.4) is 0 Å². The molecule has 0 saturated carbocycles. The first-order valence-electron chi connectivity index (χ1n) is 10.8. The second-order valence-electron chi connectivity index (χ2n) is 8.07. The fourth-order valence-corrected chi connectivity index (χ4v) is 5.15. The van der Waals surface area contributed by atoms with Gasteiger partial charge in [0.1, 0.15) is 10.5 Å². The van der Waals surface area contributed by atoms with E-state index in [2.05, 4.69) is 15.3 Å². The molecule has 0 bridgehead atoms. The van der Waals surface area contributed by atoms with Gasteiger partial charge in [0.2, 0.25) is 0 Å². The smallest absolute Gasteiger partial charge is 0.267 e. The fourth-order valence-electron chi connectivity index (χ4n) is 4.18. The van der Waals surface area contributed by atoms with Crippen LogP contribution < -0.4 is 5.32 Å². The summed E-state index contributed by atoms with van der Waals surface area (Å²) in [5.41, 5.74) is 5.28. The van der Waals surface area contributed by atoms with Gasteiger partial charge in [-0.25, -0.2) is 9.97 Å². The molecule has 0 unspecified atom stereocenters. The number of carbonyl (C=O) groups excluding carboxylic acids is 2. The number of hydrogen-bond acceptors (Lipinski definition) is 5. The summed E-state index contributed by atoms with van der Waals surface area (Å²) in [4.78, 5) is 35.8. The van der Waals surface area contributed by atoms with E-state index in [1.807, 2.05) is 58.1 Å². The molecule has 0 atom stereocenters. The second-order valence-corrected chi connectivity index (χ2v) is 9.28. The van der Waals surface area contributed by atoms with E-state index in [0.29, 0.717) is 36.0 Å². The maximum Gasteiger partial charge on any atom is 0.267 e. The van der Waals surface area contributed by atoms with Gasteiger partial charge in [-0.2, -0.15) is 0 Å². The Kier molecular flexibility index (Phi) is 6.11. The van der Waals surface area contributed by atoms with Crippen molar-refractivity contribution < 1.29 is 9.59 Å². The van der Waals surface area contributed by atoms with Crippen molar-refractivity contribution in [2.75, 3.05) is 13.1 Å². The SMILES string of the molecule is O=C(NCc1ccn2ccnc2c1)c1ccc(C2CCN(C(=O)c3scnc3Cl)CC2)cc1. The second kappa shape index (κ2) is 9.33. The van der Waals surface area contributed by atoms with Gasteiger partial charge in [-0.1, -0.05) is 23.7 Å². The number of piperidine rings is 1. The van der Waals surface area contributed by atoms with Gasteiger partial charge < -0.3 is 14.6 Å². The molecule has 1 aromatic carbocycles. The maximum absolute atomic E-state index is 12.6. The average molecular weight is 480 g/mol. The summed E-state index contributed by atoms with van der Waals surface area (Å²) in [6.07, 6.45) is 7.33. The Morgan fingerprint density at radius 1 is 1.09 bits per heavy atom. The van der Waals surface area contributed by atoms with Gasteiger partial charge in [0.25, 0.3) is 11.8 Å². The number of imidazole rings is 1. The Balaban J connectivity index is 1.15. The largest absolute Gasteiger partial charge is 0.348 e. The number of likely N-dealkylation sites (tertiary alicyclic amines) is 1. The average Bonchev–Trinajstić information content (AvgIpc) is 3.50. The number of carbonyl (C=O) groups is 2. The van der Waals surface area contributed by atoms with E-state index in [4.69, 9.17) is 11.6 Å². The van der Waals surface area contributed by atoms with Gasteiger partial charge in [-0.15, -0.1) is 11.3 Å². The number of fused-ring (bicyclic) bond motifs is 1. The Hall–Kier alpha value is -3.23. The highest BCUT2D eigenvalue weighted by Gasteiger charge is 2.26. The first-order valence-corrected chi connectivity index (χ1v) is 12.0. The quantitative estimate of drug-likeness (QED) is 0.460. The number of thiazole rings is 1. The van der Waals surface area contributed by atoms with Crippen LogP contribution in [0.5, 0.6) is 0 Å². The number of pyridine rings is 1. The van der Waals surface area contributed by atoms with E-state index in [1.165, 1.54) is 16.9 Å². The van der Waals surface area contributed by atoms with E-state index >= 15 is 0 Å². The molecule has 1 saturated heterocycles. The Morgan fingerprint density at radius 2 is 1.88 bits per heavy atom. The van der Waals surface area contributed by atoms with Gasteiger partial charge in [-0.3, -0.25) is 9.59 Å². The number of halogens is 1. The molecular formula is C24H22ClN5O2S. The van der Waals surface area contributed by atoms with E-state index in [-0.39, 0.29) is 17.0 Å². The van der Waals surface area contributed by atoms with Gasteiger partial charge in [0, 0.05) is 43.8 Å². The number of rotatable bonds is 5. The van der Waals surface area contributed by atoms with Gasteiger partial charge >= 0.3 is 0 Å². The molecule has 5 rings (SSSR count). The lowest BCUT2D eigenvalue weighted by atomic mass is 9.89. The molecule has 1 fully saturated rings. The van der Waals surface area contributed by atoms with Crippen LogP contribution in [-0.2, 0) is 6.54 Å². The summed E-state index contributed by atoms with van der Waals surface area (Å²) in [5.74, 6) is 0.218. The van der Waals surface area contributed by atoms with Crippen molar-refractivity contribution in [2.45, 2.75) is 25.3 Å². The van der Waals surface area contributed by atoms with Crippen LogP contribution in [0.4, 0.5) is 0 Å². The van der Waals surface area contributed by atoms with Crippen LogP contribution in [0, 0.1) is 0 Å². The van der Waals surface area contributed by atoms with Crippen molar-refractivity contribution in [1.29, 1.82) is 0 Å². The standard InChI is InChI=1S/C24H22ClN5O2S/c25-22-21(33-15-28-22)24(32)30-10-6-18(7-11-30)17-1-3-19(4-2-17)23(31)27-14-16-5-9-29-12-8-26-20(29)13-16/h1-5,8-9,12-13,15,18H,6-7,10-11,14H2,(H,27,31). The summed E-state index contributed by atoms with van der Waals surface area (Å²) >= 11 is 7.29. The molecule has 9 heteroatoms. The molecule has 3 aromatic heterocycles. The number of nitrogens with one attached hydrogen (secondary N) is 1. The van der Waals surface area contributed by atoms with Crippen molar-refractivity contribution >= 4 is 40.4 Å². The zero-order valence-electron chi connectivity index (χ0n) is 17.8. The maximum atomic E-state index is 12.6. The molecule has 33 heavy (non-hydrogen) atoms. The van der Waals surface area contributed by atoms with Crippen LogP contribution in [-0.4, -0.2) is 44.2 Å². The molecular weight excluding hydrogens is 458 g/mol. The van der Waals surface area contributed by atoms with Crippen molar-refractivity contribution in [3.63, 3.8) is 0 Å². The topological polar surface area (TPSA) is 79.6 Å². The minimum Gasteiger partial charge on any atom is -0.348 e. The van der Waals surface area contributed by atoms with E-state index < -0.39 is 0 Å². The van der Waals surface area contributed by atoms with Crippen molar-refractivity contribution in [2.24, 2.45) is 0 Å². The summed E-state index contributed by atoms with van der Waals surface area (Å²) in [6.45, 7) is 1.81. The minimum atomic E-state index is -0.105.